The van der Waals surface area contributed by atoms with E-state index < -0.39 is 0 Å². The number of hydrogen-bond acceptors (Lipinski definition) is 4. The summed E-state index contributed by atoms with van der Waals surface area (Å²) in [4.78, 5) is 20.9. The van der Waals surface area contributed by atoms with E-state index in [1.807, 2.05) is 36.2 Å². The van der Waals surface area contributed by atoms with Gasteiger partial charge in [0.2, 0.25) is 5.91 Å². The van der Waals surface area contributed by atoms with Crippen LogP contribution in [-0.4, -0.2) is 68.6 Å². The number of ether oxygens (including phenoxy) is 1. The molecule has 1 aliphatic rings. The predicted octanol–water partition coefficient (Wildman–Crippen LogP) is 3.31. The van der Waals surface area contributed by atoms with Gasteiger partial charge < -0.3 is 20.3 Å². The molecule has 180 valence electrons. The number of anilines is 1. The monoisotopic (exact) mass is 569 g/mol. The zero-order chi connectivity index (χ0) is 22.8. The van der Waals surface area contributed by atoms with Crippen molar-refractivity contribution in [1.82, 2.24) is 15.1 Å². The third kappa shape index (κ3) is 9.26. The smallest absolute Gasteiger partial charge is 0.225 e. The van der Waals surface area contributed by atoms with Gasteiger partial charge in [0.1, 0.15) is 5.82 Å². The van der Waals surface area contributed by atoms with Crippen molar-refractivity contribution in [2.24, 2.45) is 4.99 Å². The maximum atomic E-state index is 13.1. The largest absolute Gasteiger partial charge is 0.379 e. The molecule has 7 nitrogen and oxygen atoms in total. The van der Waals surface area contributed by atoms with Crippen molar-refractivity contribution in [1.29, 1.82) is 0 Å². The van der Waals surface area contributed by atoms with Gasteiger partial charge in [0.25, 0.3) is 0 Å². The SMILES string of the molecule is CN=C(NCc1cccc(NC(=O)CCN2CCOCC2)c1)N(C)Cc1ccc(F)cc1.I. The highest BCUT2D eigenvalue weighted by molar-refractivity contribution is 14.0. The van der Waals surface area contributed by atoms with E-state index in [0.29, 0.717) is 19.5 Å². The molecule has 1 heterocycles. The maximum absolute atomic E-state index is 13.1. The summed E-state index contributed by atoms with van der Waals surface area (Å²) in [5.41, 5.74) is 2.82. The van der Waals surface area contributed by atoms with Crippen LogP contribution in [0.25, 0.3) is 0 Å². The normalized spacial score (nSPS) is 14.3. The molecule has 0 radical (unpaired) electrons. The first-order valence-electron chi connectivity index (χ1n) is 10.9. The van der Waals surface area contributed by atoms with Crippen LogP contribution >= 0.6 is 24.0 Å². The Bertz CT molecular complexity index is 904. The van der Waals surface area contributed by atoms with Gasteiger partial charge in [0.05, 0.1) is 13.2 Å². The van der Waals surface area contributed by atoms with Crippen LogP contribution < -0.4 is 10.6 Å². The summed E-state index contributed by atoms with van der Waals surface area (Å²) in [6.45, 7) is 5.15. The molecule has 0 aliphatic carbocycles. The predicted molar refractivity (Wildman–Crippen MR) is 140 cm³/mol. The van der Waals surface area contributed by atoms with Crippen LogP contribution in [-0.2, 0) is 22.6 Å². The number of guanidine groups is 1. The third-order valence-corrected chi connectivity index (χ3v) is 5.33. The second kappa shape index (κ2) is 14.1. The van der Waals surface area contributed by atoms with Crippen LogP contribution in [0.3, 0.4) is 0 Å². The zero-order valence-corrected chi connectivity index (χ0v) is 21.6. The molecule has 3 rings (SSSR count). The van der Waals surface area contributed by atoms with Gasteiger partial charge in [-0.25, -0.2) is 4.39 Å². The van der Waals surface area contributed by atoms with Crippen LogP contribution in [0.2, 0.25) is 0 Å². The Morgan fingerprint density at radius 1 is 1.15 bits per heavy atom. The molecule has 0 bridgehead atoms. The molecule has 0 atom stereocenters. The van der Waals surface area contributed by atoms with Gasteiger partial charge in [-0.05, 0) is 35.4 Å². The van der Waals surface area contributed by atoms with E-state index in [9.17, 15) is 9.18 Å². The molecule has 1 amide bonds. The molecule has 2 aromatic rings. The highest BCUT2D eigenvalue weighted by Crippen LogP contribution is 2.12. The second-order valence-electron chi connectivity index (χ2n) is 7.84. The zero-order valence-electron chi connectivity index (χ0n) is 19.2. The molecule has 0 spiro atoms. The summed E-state index contributed by atoms with van der Waals surface area (Å²) < 4.78 is 18.5. The van der Waals surface area contributed by atoms with Crippen molar-refractivity contribution in [3.8, 4) is 0 Å². The van der Waals surface area contributed by atoms with E-state index in [4.69, 9.17) is 4.74 Å². The summed E-state index contributed by atoms with van der Waals surface area (Å²) in [6, 6.07) is 14.2. The number of morpholine rings is 1. The average Bonchev–Trinajstić information content (AvgIpc) is 2.80. The van der Waals surface area contributed by atoms with Crippen LogP contribution in [0.1, 0.15) is 17.5 Å². The summed E-state index contributed by atoms with van der Waals surface area (Å²) in [6.07, 6.45) is 0.462. The van der Waals surface area contributed by atoms with E-state index in [-0.39, 0.29) is 35.7 Å². The van der Waals surface area contributed by atoms with E-state index in [1.165, 1.54) is 12.1 Å². The molecule has 1 aliphatic heterocycles. The van der Waals surface area contributed by atoms with Crippen LogP contribution in [0.5, 0.6) is 0 Å². The molecule has 1 saturated heterocycles. The highest BCUT2D eigenvalue weighted by Gasteiger charge is 2.12. The van der Waals surface area contributed by atoms with Gasteiger partial charge >= 0.3 is 0 Å². The minimum absolute atomic E-state index is 0. The Labute approximate surface area is 212 Å². The van der Waals surface area contributed by atoms with E-state index in [2.05, 4.69) is 20.5 Å². The average molecular weight is 569 g/mol. The molecule has 0 saturated carbocycles. The number of carbonyl (C=O) groups is 1. The summed E-state index contributed by atoms with van der Waals surface area (Å²) in [5, 5.41) is 6.32. The van der Waals surface area contributed by atoms with Crippen molar-refractivity contribution in [2.45, 2.75) is 19.5 Å². The Hall–Kier alpha value is -2.24. The number of hydrogen-bond donors (Lipinski definition) is 2. The number of rotatable bonds is 8. The van der Waals surface area contributed by atoms with Crippen LogP contribution in [0.4, 0.5) is 10.1 Å². The van der Waals surface area contributed by atoms with Gasteiger partial charge in [-0.3, -0.25) is 14.7 Å². The number of nitrogens with zero attached hydrogens (tertiary/aromatic N) is 3. The van der Waals surface area contributed by atoms with Crippen molar-refractivity contribution >= 4 is 41.5 Å². The number of amides is 1. The molecule has 0 aromatic heterocycles. The van der Waals surface area contributed by atoms with Gasteiger partial charge in [-0.2, -0.15) is 0 Å². The minimum atomic E-state index is -0.244. The molecule has 33 heavy (non-hydrogen) atoms. The molecule has 9 heteroatoms. The van der Waals surface area contributed by atoms with Gasteiger partial charge in [0.15, 0.2) is 5.96 Å². The minimum Gasteiger partial charge on any atom is -0.379 e. The fourth-order valence-electron chi connectivity index (χ4n) is 3.57. The number of benzene rings is 2. The third-order valence-electron chi connectivity index (χ3n) is 5.33. The fraction of sp³-hybridized carbons (Fsp3) is 0.417. The molecular formula is C24H33FIN5O2. The van der Waals surface area contributed by atoms with E-state index >= 15 is 0 Å². The fourth-order valence-corrected chi connectivity index (χ4v) is 3.57. The Kier molecular flexibility index (Phi) is 11.6. The quantitative estimate of drug-likeness (QED) is 0.290. The first-order valence-corrected chi connectivity index (χ1v) is 10.9. The van der Waals surface area contributed by atoms with Crippen LogP contribution in [0, 0.1) is 5.82 Å². The second-order valence-corrected chi connectivity index (χ2v) is 7.84. The highest BCUT2D eigenvalue weighted by atomic mass is 127. The Morgan fingerprint density at radius 3 is 2.58 bits per heavy atom. The van der Waals surface area contributed by atoms with Crippen molar-refractivity contribution in [3.05, 3.63) is 65.5 Å². The first-order chi connectivity index (χ1) is 15.5. The van der Waals surface area contributed by atoms with Crippen molar-refractivity contribution in [3.63, 3.8) is 0 Å². The summed E-state index contributed by atoms with van der Waals surface area (Å²) in [5.74, 6) is 0.498. The first kappa shape index (κ1) is 27.0. The number of halogens is 2. The molecule has 2 N–H and O–H groups in total. The summed E-state index contributed by atoms with van der Waals surface area (Å²) >= 11 is 0. The van der Waals surface area contributed by atoms with Crippen LogP contribution in [0.15, 0.2) is 53.5 Å². The topological polar surface area (TPSA) is 69.2 Å². The van der Waals surface area contributed by atoms with Crippen molar-refractivity contribution < 1.29 is 13.9 Å². The lowest BCUT2D eigenvalue weighted by molar-refractivity contribution is -0.116. The number of nitrogens with one attached hydrogen (secondary N) is 2. The molecular weight excluding hydrogens is 536 g/mol. The number of aliphatic imine (C=N–C) groups is 1. The van der Waals surface area contributed by atoms with Gasteiger partial charge in [-0.15, -0.1) is 24.0 Å². The lowest BCUT2D eigenvalue weighted by Crippen LogP contribution is -2.38. The van der Waals surface area contributed by atoms with E-state index in [0.717, 1.165) is 55.6 Å². The Morgan fingerprint density at radius 2 is 1.88 bits per heavy atom. The van der Waals surface area contributed by atoms with Gasteiger partial charge in [0, 0.05) is 58.9 Å². The lowest BCUT2D eigenvalue weighted by Gasteiger charge is -2.26. The standard InChI is InChI=1S/C24H32FN5O2.HI/c1-26-24(29(2)18-19-6-8-21(25)9-7-19)27-17-20-4-3-5-22(16-20)28-23(31)10-11-30-12-14-32-15-13-30;/h3-9,16H,10-15,17-18H2,1-2H3,(H,26,27)(H,28,31);1H. The van der Waals surface area contributed by atoms with E-state index in [1.54, 1.807) is 19.2 Å². The molecule has 0 unspecified atom stereocenters. The summed E-state index contributed by atoms with van der Waals surface area (Å²) in [7, 11) is 3.67. The Balaban J connectivity index is 0.00000385. The van der Waals surface area contributed by atoms with Gasteiger partial charge in [-0.1, -0.05) is 24.3 Å². The maximum Gasteiger partial charge on any atom is 0.225 e. The molecule has 2 aromatic carbocycles. The molecule has 1 fully saturated rings. The lowest BCUT2D eigenvalue weighted by atomic mass is 10.2. The van der Waals surface area contributed by atoms with Crippen molar-refractivity contribution in [2.75, 3.05) is 52.3 Å². The number of carbonyl (C=O) groups excluding carboxylic acids is 1.